The Hall–Kier alpha value is -1.09. The van der Waals surface area contributed by atoms with Gasteiger partial charge in [-0.3, -0.25) is 6.42 Å². The van der Waals surface area contributed by atoms with E-state index in [0.717, 1.165) is 0 Å². The molecule has 0 amide bonds. The maximum Gasteiger partial charge on any atom is 2.00 e. The van der Waals surface area contributed by atoms with Gasteiger partial charge in [0.25, 0.3) is 0 Å². The quantitative estimate of drug-likeness (QED) is 0.396. The van der Waals surface area contributed by atoms with Gasteiger partial charge in [-0.15, -0.1) is 23.6 Å². The summed E-state index contributed by atoms with van der Waals surface area (Å²) >= 11 is 0. The van der Waals surface area contributed by atoms with Gasteiger partial charge in [-0.25, -0.2) is 0 Å². The number of allylic oxidation sites excluding steroid dienone is 3. The molecule has 1 aromatic carbocycles. The topological polar surface area (TPSA) is 101 Å². The molecule has 0 bridgehead atoms. The van der Waals surface area contributed by atoms with Gasteiger partial charge >= 0.3 is 31.1 Å². The fourth-order valence-electron chi connectivity index (χ4n) is 2.07. The Balaban J connectivity index is 0.00000220. The van der Waals surface area contributed by atoms with Crippen LogP contribution in [0.1, 0.15) is 12.0 Å². The van der Waals surface area contributed by atoms with Crippen molar-refractivity contribution >= 4 is 0 Å². The molecular weight excluding hydrogens is 498 g/mol. The molecule has 2 unspecified atom stereocenters. The number of aliphatic hydroxyl groups excluding tert-OH is 3. The number of phenolic OH excluding ortho intramolecular Hbond substituents is 2. The second-order valence-electron chi connectivity index (χ2n) is 4.74. The van der Waals surface area contributed by atoms with Crippen LogP contribution in [0.5, 0.6) is 11.5 Å². The standard InChI is InChI=1S/C15H16O5.U/c16-11-3-2-10(14(19)8-11)7-12(17)5-9-1-4-13(18)15(20)6-9;/h1,3-5,8-9,12,16-20H,6-7H2;/q-2;+2. The minimum atomic E-state index is -0.843. The summed E-state index contributed by atoms with van der Waals surface area (Å²) in [4.78, 5) is 0. The zero-order chi connectivity index (χ0) is 14.7. The number of aliphatic hydroxyl groups is 3. The molecule has 0 fully saturated rings. The summed E-state index contributed by atoms with van der Waals surface area (Å²) in [5.41, 5.74) is 0.397. The molecule has 5 nitrogen and oxygen atoms in total. The van der Waals surface area contributed by atoms with Crippen molar-refractivity contribution in [2.45, 2.75) is 18.9 Å². The molecule has 1 aliphatic rings. The Bertz CT molecular complexity index is 553. The molecule has 0 saturated carbocycles. The van der Waals surface area contributed by atoms with Gasteiger partial charge in [0.2, 0.25) is 0 Å². The van der Waals surface area contributed by atoms with Crippen molar-refractivity contribution in [2.24, 2.45) is 5.92 Å². The molecule has 0 radical (unpaired) electrons. The van der Waals surface area contributed by atoms with Crippen LogP contribution in [0.15, 0.2) is 35.8 Å². The SMILES string of the molecule is OC1=C(O)CC([CH-]C(O)Cc2[c-]cc(O)cc2O)C=C1.[U+2]. The Morgan fingerprint density at radius 1 is 1.29 bits per heavy atom. The van der Waals surface area contributed by atoms with Gasteiger partial charge in [-0.1, -0.05) is 12.2 Å². The first-order valence-electron chi connectivity index (χ1n) is 6.20. The third kappa shape index (κ3) is 4.99. The van der Waals surface area contributed by atoms with E-state index in [2.05, 4.69) is 6.07 Å². The Kier molecular flexibility index (Phi) is 6.66. The van der Waals surface area contributed by atoms with E-state index in [1.54, 1.807) is 12.5 Å². The average molecular weight is 514 g/mol. The molecule has 1 aromatic rings. The van der Waals surface area contributed by atoms with E-state index in [0.29, 0.717) is 5.56 Å². The van der Waals surface area contributed by atoms with Gasteiger partial charge in [0, 0.05) is 11.5 Å². The van der Waals surface area contributed by atoms with Crippen molar-refractivity contribution in [3.63, 3.8) is 0 Å². The van der Waals surface area contributed by atoms with Crippen LogP contribution in [0, 0.1) is 49.5 Å². The zero-order valence-electron chi connectivity index (χ0n) is 11.2. The molecule has 0 aliphatic heterocycles. The van der Waals surface area contributed by atoms with Crippen LogP contribution in [0.4, 0.5) is 0 Å². The van der Waals surface area contributed by atoms with E-state index in [-0.39, 0.29) is 72.9 Å². The summed E-state index contributed by atoms with van der Waals surface area (Å²) in [5.74, 6) is -0.684. The van der Waals surface area contributed by atoms with Crippen LogP contribution in [-0.4, -0.2) is 31.6 Å². The first kappa shape index (κ1) is 18.0. The molecule has 2 rings (SSSR count). The van der Waals surface area contributed by atoms with Crippen LogP contribution in [0.3, 0.4) is 0 Å². The van der Waals surface area contributed by atoms with Crippen molar-refractivity contribution in [1.82, 2.24) is 0 Å². The predicted octanol–water partition coefficient (Wildman–Crippen LogP) is 1.91. The van der Waals surface area contributed by atoms with Crippen molar-refractivity contribution < 1.29 is 56.6 Å². The number of hydrogen-bond donors (Lipinski definition) is 5. The number of aromatic hydroxyl groups is 2. The third-order valence-electron chi connectivity index (χ3n) is 3.10. The third-order valence-corrected chi connectivity index (χ3v) is 3.10. The summed E-state index contributed by atoms with van der Waals surface area (Å²) in [6, 6.07) is 5.19. The minimum absolute atomic E-state index is 0. The summed E-state index contributed by atoms with van der Waals surface area (Å²) < 4.78 is 0. The fraction of sp³-hybridized carbons (Fsp3) is 0.267. The first-order valence-corrected chi connectivity index (χ1v) is 6.20. The molecule has 110 valence electrons. The molecule has 0 aromatic heterocycles. The molecule has 0 spiro atoms. The van der Waals surface area contributed by atoms with Crippen molar-refractivity contribution in [3.8, 4) is 11.5 Å². The molecular formula is C15H16O5U. The number of hydrogen-bond acceptors (Lipinski definition) is 5. The van der Waals surface area contributed by atoms with E-state index >= 15 is 0 Å². The molecule has 2 atom stereocenters. The minimum Gasteiger partial charge on any atom is -0.566 e. The van der Waals surface area contributed by atoms with E-state index < -0.39 is 6.10 Å². The second-order valence-corrected chi connectivity index (χ2v) is 4.74. The number of rotatable bonds is 4. The van der Waals surface area contributed by atoms with Crippen LogP contribution < -0.4 is 0 Å². The van der Waals surface area contributed by atoms with Crippen LogP contribution in [0.2, 0.25) is 0 Å². The van der Waals surface area contributed by atoms with Gasteiger partial charge in [0.05, 0.1) is 0 Å². The van der Waals surface area contributed by atoms with Crippen molar-refractivity contribution in [3.05, 3.63) is 53.9 Å². The molecule has 1 aliphatic carbocycles. The van der Waals surface area contributed by atoms with Crippen LogP contribution in [-0.2, 0) is 6.42 Å². The monoisotopic (exact) mass is 514 g/mol. The fourth-order valence-corrected chi connectivity index (χ4v) is 2.07. The largest absolute Gasteiger partial charge is 2.00 e. The van der Waals surface area contributed by atoms with Gasteiger partial charge in [-0.05, 0) is 18.9 Å². The summed E-state index contributed by atoms with van der Waals surface area (Å²) in [6.45, 7) is 0. The molecule has 5 N–H and O–H groups in total. The van der Waals surface area contributed by atoms with Crippen LogP contribution >= 0.6 is 0 Å². The maximum absolute atomic E-state index is 9.96. The zero-order valence-corrected chi connectivity index (χ0v) is 15.4. The second kappa shape index (κ2) is 7.79. The number of phenols is 2. The predicted molar refractivity (Wildman–Crippen MR) is 72.1 cm³/mol. The van der Waals surface area contributed by atoms with Crippen LogP contribution in [0.25, 0.3) is 0 Å². The van der Waals surface area contributed by atoms with Crippen molar-refractivity contribution in [1.29, 1.82) is 0 Å². The van der Waals surface area contributed by atoms with E-state index in [1.807, 2.05) is 0 Å². The Morgan fingerprint density at radius 2 is 2.00 bits per heavy atom. The van der Waals surface area contributed by atoms with E-state index in [9.17, 15) is 20.4 Å². The summed E-state index contributed by atoms with van der Waals surface area (Å²) in [6.07, 6.45) is 4.20. The number of benzene rings is 1. The van der Waals surface area contributed by atoms with E-state index in [4.69, 9.17) is 5.11 Å². The van der Waals surface area contributed by atoms with Gasteiger partial charge in [-0.2, -0.15) is 6.07 Å². The summed E-state index contributed by atoms with van der Waals surface area (Å²) in [5, 5.41) is 47.4. The van der Waals surface area contributed by atoms with E-state index in [1.165, 1.54) is 18.2 Å². The molecule has 0 saturated heterocycles. The van der Waals surface area contributed by atoms with Gasteiger partial charge in [0.15, 0.2) is 5.76 Å². The Morgan fingerprint density at radius 3 is 2.62 bits per heavy atom. The molecule has 21 heavy (non-hydrogen) atoms. The molecule has 0 heterocycles. The van der Waals surface area contributed by atoms with Gasteiger partial charge < -0.3 is 25.5 Å². The van der Waals surface area contributed by atoms with Gasteiger partial charge in [0.1, 0.15) is 5.76 Å². The normalized spacial score (nSPS) is 19.2. The average Bonchev–Trinajstić information content (AvgIpc) is 2.37. The Labute approximate surface area is 146 Å². The first-order chi connectivity index (χ1) is 9.45. The smallest absolute Gasteiger partial charge is 0.566 e. The maximum atomic E-state index is 9.96. The summed E-state index contributed by atoms with van der Waals surface area (Å²) in [7, 11) is 0. The molecule has 6 heteroatoms. The van der Waals surface area contributed by atoms with Crippen molar-refractivity contribution in [2.75, 3.05) is 0 Å².